The van der Waals surface area contributed by atoms with E-state index in [0.717, 1.165) is 32.1 Å². The van der Waals surface area contributed by atoms with Crippen molar-refractivity contribution in [3.63, 3.8) is 0 Å². The average molecular weight is 471 g/mol. The summed E-state index contributed by atoms with van der Waals surface area (Å²) in [6.07, 6.45) is 8.44. The maximum Gasteiger partial charge on any atom is 0.244 e. The van der Waals surface area contributed by atoms with Crippen molar-refractivity contribution in [2.45, 2.75) is 62.3 Å². The Morgan fingerprint density at radius 3 is 2.33 bits per heavy atom. The summed E-state index contributed by atoms with van der Waals surface area (Å²) in [6.45, 7) is 0.810. The second-order valence-electron chi connectivity index (χ2n) is 9.89. The van der Waals surface area contributed by atoms with E-state index in [0.29, 0.717) is 35.9 Å². The molecule has 1 amide bonds. The summed E-state index contributed by atoms with van der Waals surface area (Å²) >= 11 is 12.1. The Hall–Kier alpha value is -0.820. The minimum Gasteiger partial charge on any atom is -0.354 e. The van der Waals surface area contributed by atoms with Crippen molar-refractivity contribution in [1.82, 2.24) is 9.62 Å². The van der Waals surface area contributed by atoms with Crippen LogP contribution in [-0.2, 0) is 14.8 Å². The van der Waals surface area contributed by atoms with Gasteiger partial charge in [0.25, 0.3) is 0 Å². The highest BCUT2D eigenvalue weighted by Gasteiger charge is 2.54. The zero-order valence-electron chi connectivity index (χ0n) is 16.9. The van der Waals surface area contributed by atoms with Gasteiger partial charge in [-0.3, -0.25) is 4.79 Å². The molecule has 1 aliphatic heterocycles. The van der Waals surface area contributed by atoms with Gasteiger partial charge in [-0.25, -0.2) is 8.42 Å². The fourth-order valence-electron chi connectivity index (χ4n) is 6.93. The molecular formula is C22H28Cl2N2O3S. The first-order chi connectivity index (χ1) is 14.3. The third-order valence-corrected chi connectivity index (χ3v) is 10.5. The monoisotopic (exact) mass is 470 g/mol. The predicted octanol–water partition coefficient (Wildman–Crippen LogP) is 4.48. The Morgan fingerprint density at radius 1 is 1.10 bits per heavy atom. The summed E-state index contributed by atoms with van der Waals surface area (Å²) in [6, 6.07) is 4.22. The number of nitrogens with zero attached hydrogens (tertiary/aromatic N) is 1. The number of carbonyl (C=O) groups is 1. The van der Waals surface area contributed by atoms with Crippen LogP contribution in [0.3, 0.4) is 0 Å². The molecular weight excluding hydrogens is 443 g/mol. The molecule has 5 nitrogen and oxygen atoms in total. The molecule has 1 N–H and O–H groups in total. The molecule has 6 rings (SSSR count). The minimum absolute atomic E-state index is 0.0767. The second kappa shape index (κ2) is 7.65. The number of hydrogen-bond donors (Lipinski definition) is 1. The van der Waals surface area contributed by atoms with Gasteiger partial charge in [-0.2, -0.15) is 4.31 Å². The minimum atomic E-state index is -3.74. The van der Waals surface area contributed by atoms with E-state index in [4.69, 9.17) is 23.2 Å². The van der Waals surface area contributed by atoms with Crippen LogP contribution in [0.25, 0.3) is 0 Å². The number of halogens is 2. The molecule has 1 aromatic carbocycles. The summed E-state index contributed by atoms with van der Waals surface area (Å²) in [7, 11) is -3.74. The lowest BCUT2D eigenvalue weighted by atomic mass is 9.49. The molecule has 8 heteroatoms. The average Bonchev–Trinajstić information content (AvgIpc) is 3.14. The molecule has 1 saturated heterocycles. The van der Waals surface area contributed by atoms with Crippen LogP contribution in [0.15, 0.2) is 23.1 Å². The van der Waals surface area contributed by atoms with Gasteiger partial charge >= 0.3 is 0 Å². The fraction of sp³-hybridized carbons (Fsp3) is 0.682. The van der Waals surface area contributed by atoms with Crippen molar-refractivity contribution >= 4 is 39.1 Å². The summed E-state index contributed by atoms with van der Waals surface area (Å²) in [5, 5.41) is 3.69. The van der Waals surface area contributed by atoms with Crippen LogP contribution in [0.2, 0.25) is 10.0 Å². The van der Waals surface area contributed by atoms with Gasteiger partial charge in [-0.15, -0.1) is 0 Å². The topological polar surface area (TPSA) is 66.5 Å². The zero-order chi connectivity index (χ0) is 21.1. The zero-order valence-corrected chi connectivity index (χ0v) is 19.3. The number of rotatable bonds is 5. The molecule has 1 aromatic rings. The van der Waals surface area contributed by atoms with Crippen molar-refractivity contribution in [3.8, 4) is 0 Å². The van der Waals surface area contributed by atoms with Gasteiger partial charge in [0.05, 0.1) is 5.02 Å². The van der Waals surface area contributed by atoms with Crippen molar-refractivity contribution in [3.05, 3.63) is 28.2 Å². The smallest absolute Gasteiger partial charge is 0.244 e. The van der Waals surface area contributed by atoms with Crippen LogP contribution in [0, 0.1) is 23.2 Å². The first kappa shape index (κ1) is 21.0. The molecule has 1 atom stereocenters. The Bertz CT molecular complexity index is 930. The highest BCUT2D eigenvalue weighted by atomic mass is 35.5. The first-order valence-electron chi connectivity index (χ1n) is 11.0. The lowest BCUT2D eigenvalue weighted by molar-refractivity contribution is -0.146. The van der Waals surface area contributed by atoms with E-state index in [2.05, 4.69) is 5.32 Å². The van der Waals surface area contributed by atoms with Gasteiger partial charge < -0.3 is 5.32 Å². The van der Waals surface area contributed by atoms with Crippen molar-refractivity contribution < 1.29 is 13.2 Å². The van der Waals surface area contributed by atoms with Gasteiger partial charge in [0.1, 0.15) is 4.90 Å². The van der Waals surface area contributed by atoms with Crippen LogP contribution in [0.5, 0.6) is 0 Å². The Kier molecular flexibility index (Phi) is 5.36. The van der Waals surface area contributed by atoms with Gasteiger partial charge in [-0.1, -0.05) is 23.2 Å². The van der Waals surface area contributed by atoms with Crippen molar-refractivity contribution in [2.75, 3.05) is 13.1 Å². The van der Waals surface area contributed by atoms with E-state index in [9.17, 15) is 13.2 Å². The van der Waals surface area contributed by atoms with Crippen LogP contribution in [0.4, 0.5) is 0 Å². The number of hydrogen-bond acceptors (Lipinski definition) is 3. The molecule has 4 bridgehead atoms. The third kappa shape index (κ3) is 3.58. The van der Waals surface area contributed by atoms with Gasteiger partial charge in [-0.05, 0) is 87.3 Å². The van der Waals surface area contributed by atoms with Crippen LogP contribution in [-0.4, -0.2) is 37.8 Å². The van der Waals surface area contributed by atoms with Crippen molar-refractivity contribution in [1.29, 1.82) is 0 Å². The van der Waals surface area contributed by atoms with Gasteiger partial charge in [0.2, 0.25) is 15.9 Å². The fourth-order valence-corrected chi connectivity index (χ4v) is 9.37. The number of amides is 1. The number of benzene rings is 1. The maximum absolute atomic E-state index is 13.3. The lowest BCUT2D eigenvalue weighted by Crippen LogP contribution is -2.55. The largest absolute Gasteiger partial charge is 0.354 e. The molecule has 1 unspecified atom stereocenters. The first-order valence-corrected chi connectivity index (χ1v) is 13.2. The SMILES string of the molecule is O=C(NCC1CCCN1S(=O)(=O)c1ccc(Cl)cc1Cl)C12CC3CC(CC(C3)C1)C2. The molecule has 0 aromatic heterocycles. The number of nitrogens with one attached hydrogen (secondary N) is 1. The molecule has 5 fully saturated rings. The normalized spacial score (nSPS) is 35.7. The van der Waals surface area contributed by atoms with Gasteiger partial charge in [0.15, 0.2) is 0 Å². The highest BCUT2D eigenvalue weighted by Crippen LogP contribution is 2.60. The van der Waals surface area contributed by atoms with E-state index in [1.54, 1.807) is 6.07 Å². The summed E-state index contributed by atoms with van der Waals surface area (Å²) in [4.78, 5) is 13.3. The highest BCUT2D eigenvalue weighted by molar-refractivity contribution is 7.89. The molecule has 5 aliphatic rings. The third-order valence-electron chi connectivity index (χ3n) is 7.82. The molecule has 30 heavy (non-hydrogen) atoms. The van der Waals surface area contributed by atoms with Crippen LogP contribution < -0.4 is 5.32 Å². The van der Waals surface area contributed by atoms with E-state index in [1.165, 1.54) is 35.7 Å². The summed E-state index contributed by atoms with van der Waals surface area (Å²) < 4.78 is 28.0. The van der Waals surface area contributed by atoms with E-state index < -0.39 is 10.0 Å². The second-order valence-corrected chi connectivity index (χ2v) is 12.6. The molecule has 0 spiro atoms. The van der Waals surface area contributed by atoms with E-state index >= 15 is 0 Å². The summed E-state index contributed by atoms with van der Waals surface area (Å²) in [5.74, 6) is 2.27. The van der Waals surface area contributed by atoms with E-state index in [-0.39, 0.29) is 27.3 Å². The van der Waals surface area contributed by atoms with Crippen LogP contribution in [0.1, 0.15) is 51.4 Å². The van der Waals surface area contributed by atoms with Crippen molar-refractivity contribution in [2.24, 2.45) is 23.2 Å². The molecule has 4 saturated carbocycles. The van der Waals surface area contributed by atoms with E-state index in [1.807, 2.05) is 0 Å². The Balaban J connectivity index is 1.29. The van der Waals surface area contributed by atoms with Gasteiger partial charge in [0, 0.05) is 29.6 Å². The quantitative estimate of drug-likeness (QED) is 0.689. The molecule has 1 heterocycles. The van der Waals surface area contributed by atoms with Crippen LogP contribution >= 0.6 is 23.2 Å². The Morgan fingerprint density at radius 2 is 1.73 bits per heavy atom. The number of carbonyl (C=O) groups excluding carboxylic acids is 1. The Labute approximate surface area is 188 Å². The molecule has 0 radical (unpaired) electrons. The predicted molar refractivity (Wildman–Crippen MR) is 117 cm³/mol. The molecule has 164 valence electrons. The molecule has 4 aliphatic carbocycles. The summed E-state index contributed by atoms with van der Waals surface area (Å²) in [5.41, 5.74) is -0.212. The number of sulfonamides is 1. The standard InChI is InChI=1S/C22H28Cl2N2O3S/c23-17-3-4-20(19(24)9-17)30(28,29)26-5-1-2-18(26)13-25-21(27)22-10-14-6-15(11-22)8-16(7-14)12-22/h3-4,9,14-16,18H,1-2,5-8,10-13H2,(H,25,27). The maximum atomic E-state index is 13.3. The lowest BCUT2D eigenvalue weighted by Gasteiger charge is -2.55.